The average molecular weight is 291 g/mol. The molecule has 0 saturated carbocycles. The number of benzene rings is 1. The van der Waals surface area contributed by atoms with Crippen LogP contribution in [-0.2, 0) is 9.53 Å². The fourth-order valence-corrected chi connectivity index (χ4v) is 2.54. The molecule has 4 N–H and O–H groups in total. The Hall–Kier alpha value is -2.12. The van der Waals surface area contributed by atoms with Crippen molar-refractivity contribution in [2.24, 2.45) is 11.7 Å². The van der Waals surface area contributed by atoms with E-state index in [1.54, 1.807) is 18.2 Å². The largest absolute Gasteiger partial charge is 0.417 e. The van der Waals surface area contributed by atoms with Crippen molar-refractivity contribution in [2.75, 3.05) is 18.5 Å². The fourth-order valence-electron chi connectivity index (χ4n) is 2.54. The van der Waals surface area contributed by atoms with Gasteiger partial charge in [0.1, 0.15) is 0 Å². The van der Waals surface area contributed by atoms with Crippen LogP contribution in [0, 0.1) is 5.92 Å². The number of ether oxygens (including phenoxy) is 1. The first-order chi connectivity index (χ1) is 10.1. The van der Waals surface area contributed by atoms with Crippen LogP contribution in [0.5, 0.6) is 0 Å². The molecule has 1 aromatic carbocycles. The molecule has 21 heavy (non-hydrogen) atoms. The number of oxazole rings is 1. The van der Waals surface area contributed by atoms with Crippen LogP contribution in [0.2, 0.25) is 0 Å². The minimum atomic E-state index is -0.562. The van der Waals surface area contributed by atoms with Gasteiger partial charge in [-0.2, -0.15) is 0 Å². The molecule has 1 aromatic heterocycles. The van der Waals surface area contributed by atoms with Gasteiger partial charge in [-0.1, -0.05) is 0 Å². The lowest BCUT2D eigenvalue weighted by Crippen LogP contribution is -2.43. The number of amides is 1. The summed E-state index contributed by atoms with van der Waals surface area (Å²) in [6.45, 7) is 1.29. The lowest BCUT2D eigenvalue weighted by atomic mass is 9.92. The van der Waals surface area contributed by atoms with Gasteiger partial charge >= 0.3 is 5.76 Å². The van der Waals surface area contributed by atoms with Crippen molar-refractivity contribution in [3.05, 3.63) is 28.7 Å². The van der Waals surface area contributed by atoms with Gasteiger partial charge in [0.25, 0.3) is 0 Å². The van der Waals surface area contributed by atoms with E-state index in [9.17, 15) is 9.59 Å². The molecule has 7 heteroatoms. The summed E-state index contributed by atoms with van der Waals surface area (Å²) >= 11 is 0. The van der Waals surface area contributed by atoms with Crippen LogP contribution in [0.15, 0.2) is 27.4 Å². The van der Waals surface area contributed by atoms with Crippen LogP contribution in [-0.4, -0.2) is 30.1 Å². The van der Waals surface area contributed by atoms with Crippen molar-refractivity contribution in [1.82, 2.24) is 4.98 Å². The third-order valence-corrected chi connectivity index (χ3v) is 3.76. The highest BCUT2D eigenvalue weighted by Gasteiger charge is 2.26. The van der Waals surface area contributed by atoms with E-state index >= 15 is 0 Å². The maximum atomic E-state index is 12.2. The van der Waals surface area contributed by atoms with Gasteiger partial charge in [0, 0.05) is 18.9 Å². The van der Waals surface area contributed by atoms with E-state index in [0.29, 0.717) is 30.0 Å². The molecule has 7 nitrogen and oxygen atoms in total. The van der Waals surface area contributed by atoms with Crippen LogP contribution < -0.4 is 16.8 Å². The van der Waals surface area contributed by atoms with E-state index in [1.807, 2.05) is 0 Å². The summed E-state index contributed by atoms with van der Waals surface area (Å²) in [5.74, 6) is -0.615. The molecular formula is C14H17N3O4. The Labute approximate surface area is 120 Å². The minimum absolute atomic E-state index is 0.135. The number of nitrogens with one attached hydrogen (secondary N) is 2. The standard InChI is InChI=1S/C14H17N3O4/c15-12(8-3-5-20-6-4-8)13(18)16-9-1-2-11-10(7-9)17-14(19)21-11/h1-2,7-8,12H,3-6,15H2,(H,16,18)(H,17,19). The Morgan fingerprint density at radius 1 is 1.38 bits per heavy atom. The highest BCUT2D eigenvalue weighted by atomic mass is 16.5. The fraction of sp³-hybridized carbons (Fsp3) is 0.429. The Morgan fingerprint density at radius 3 is 2.90 bits per heavy atom. The predicted octanol–water partition coefficient (Wildman–Crippen LogP) is 0.813. The van der Waals surface area contributed by atoms with E-state index in [2.05, 4.69) is 10.3 Å². The van der Waals surface area contributed by atoms with E-state index in [4.69, 9.17) is 14.9 Å². The number of anilines is 1. The van der Waals surface area contributed by atoms with Gasteiger partial charge in [0.2, 0.25) is 5.91 Å². The molecule has 2 aromatic rings. The first kappa shape index (κ1) is 13.8. The highest BCUT2D eigenvalue weighted by Crippen LogP contribution is 2.20. The molecule has 1 atom stereocenters. The van der Waals surface area contributed by atoms with Crippen molar-refractivity contribution >= 4 is 22.7 Å². The van der Waals surface area contributed by atoms with Gasteiger partial charge in [0.15, 0.2) is 5.58 Å². The maximum absolute atomic E-state index is 12.2. The summed E-state index contributed by atoms with van der Waals surface area (Å²) in [6.07, 6.45) is 1.59. The topological polar surface area (TPSA) is 110 Å². The van der Waals surface area contributed by atoms with Gasteiger partial charge in [-0.25, -0.2) is 4.79 Å². The zero-order valence-corrected chi connectivity index (χ0v) is 11.4. The Balaban J connectivity index is 1.71. The molecule has 0 spiro atoms. The lowest BCUT2D eigenvalue weighted by Gasteiger charge is -2.26. The van der Waals surface area contributed by atoms with Crippen LogP contribution in [0.25, 0.3) is 11.1 Å². The number of rotatable bonds is 3. The van der Waals surface area contributed by atoms with Gasteiger partial charge < -0.3 is 20.2 Å². The summed E-state index contributed by atoms with van der Waals surface area (Å²) in [5, 5.41) is 2.77. The molecular weight excluding hydrogens is 274 g/mol. The molecule has 0 radical (unpaired) electrons. The number of fused-ring (bicyclic) bond motifs is 1. The number of carbonyl (C=O) groups is 1. The van der Waals surface area contributed by atoms with Gasteiger partial charge in [-0.15, -0.1) is 0 Å². The smallest absolute Gasteiger partial charge is 0.408 e. The Kier molecular flexibility index (Phi) is 3.76. The predicted molar refractivity (Wildman–Crippen MR) is 77.0 cm³/mol. The van der Waals surface area contributed by atoms with Crippen LogP contribution >= 0.6 is 0 Å². The second-order valence-electron chi connectivity index (χ2n) is 5.19. The number of nitrogens with two attached hydrogens (primary N) is 1. The third-order valence-electron chi connectivity index (χ3n) is 3.76. The van der Waals surface area contributed by atoms with E-state index < -0.39 is 11.8 Å². The first-order valence-corrected chi connectivity index (χ1v) is 6.90. The molecule has 1 aliphatic rings. The Morgan fingerprint density at radius 2 is 2.14 bits per heavy atom. The van der Waals surface area contributed by atoms with Crippen LogP contribution in [0.4, 0.5) is 5.69 Å². The number of hydrogen-bond donors (Lipinski definition) is 3. The number of carbonyl (C=O) groups excluding carboxylic acids is 1. The quantitative estimate of drug-likeness (QED) is 0.775. The summed E-state index contributed by atoms with van der Waals surface area (Å²) in [7, 11) is 0. The zero-order chi connectivity index (χ0) is 14.8. The van der Waals surface area contributed by atoms with Crippen molar-refractivity contribution in [1.29, 1.82) is 0 Å². The van der Waals surface area contributed by atoms with E-state index in [0.717, 1.165) is 12.8 Å². The highest BCUT2D eigenvalue weighted by molar-refractivity contribution is 5.96. The van der Waals surface area contributed by atoms with Crippen LogP contribution in [0.1, 0.15) is 12.8 Å². The van der Waals surface area contributed by atoms with E-state index in [1.165, 1.54) is 0 Å². The molecule has 1 aliphatic heterocycles. The maximum Gasteiger partial charge on any atom is 0.417 e. The second-order valence-corrected chi connectivity index (χ2v) is 5.19. The summed E-state index contributed by atoms with van der Waals surface area (Å²) in [4.78, 5) is 25.8. The number of aromatic nitrogens is 1. The summed E-state index contributed by atoms with van der Waals surface area (Å²) in [6, 6.07) is 4.39. The molecule has 1 fully saturated rings. The molecule has 3 rings (SSSR count). The van der Waals surface area contributed by atoms with Crippen LogP contribution in [0.3, 0.4) is 0 Å². The molecule has 112 valence electrons. The normalized spacial score (nSPS) is 17.8. The minimum Gasteiger partial charge on any atom is -0.408 e. The van der Waals surface area contributed by atoms with Crippen molar-refractivity contribution in [3.63, 3.8) is 0 Å². The average Bonchev–Trinajstić information content (AvgIpc) is 2.86. The van der Waals surface area contributed by atoms with Gasteiger partial charge in [0.05, 0.1) is 11.6 Å². The molecule has 0 aliphatic carbocycles. The summed E-state index contributed by atoms with van der Waals surface area (Å²) < 4.78 is 10.2. The molecule has 1 saturated heterocycles. The summed E-state index contributed by atoms with van der Waals surface area (Å²) in [5.41, 5.74) is 7.58. The zero-order valence-electron chi connectivity index (χ0n) is 11.4. The van der Waals surface area contributed by atoms with Crippen molar-refractivity contribution in [3.8, 4) is 0 Å². The number of H-pyrrole nitrogens is 1. The second kappa shape index (κ2) is 5.71. The van der Waals surface area contributed by atoms with Crippen molar-refractivity contribution in [2.45, 2.75) is 18.9 Å². The lowest BCUT2D eigenvalue weighted by molar-refractivity contribution is -0.119. The molecule has 2 heterocycles. The third kappa shape index (κ3) is 2.98. The monoisotopic (exact) mass is 291 g/mol. The van der Waals surface area contributed by atoms with Crippen molar-refractivity contribution < 1.29 is 13.9 Å². The molecule has 0 bridgehead atoms. The SMILES string of the molecule is NC(C(=O)Nc1ccc2oc(=O)[nH]c2c1)C1CCOCC1. The number of aromatic amines is 1. The Bertz CT molecular complexity index is 700. The van der Waals surface area contributed by atoms with E-state index in [-0.39, 0.29) is 11.8 Å². The first-order valence-electron chi connectivity index (χ1n) is 6.90. The molecule has 1 unspecified atom stereocenters. The van der Waals surface area contributed by atoms with Gasteiger partial charge in [-0.3, -0.25) is 9.78 Å². The number of hydrogen-bond acceptors (Lipinski definition) is 5. The van der Waals surface area contributed by atoms with Gasteiger partial charge in [-0.05, 0) is 37.0 Å². The molecule has 1 amide bonds.